The second-order valence-electron chi connectivity index (χ2n) is 3.77. The summed E-state index contributed by atoms with van der Waals surface area (Å²) in [5.41, 5.74) is 6.50. The Morgan fingerprint density at radius 3 is 2.25 bits per heavy atom. The normalized spacial score (nSPS) is 11.6. The van der Waals surface area contributed by atoms with Crippen LogP contribution in [0.2, 0.25) is 0 Å². The molecule has 108 valence electrons. The fourth-order valence-electron chi connectivity index (χ4n) is 1.48. The molecule has 0 spiro atoms. The van der Waals surface area contributed by atoms with Crippen LogP contribution in [0.15, 0.2) is 30.7 Å². The van der Waals surface area contributed by atoms with Gasteiger partial charge in [0.15, 0.2) is 4.60 Å². The standard InChI is InChI=1S/C9H8Br3N5O2S/c1-17-9(8(12)14-16-17)20(18,19)15-7-5(10)2-4(13)3-6(7)11/h2-3,15H,13H2,1H3. The molecular weight excluding hydrogens is 482 g/mol. The quantitative estimate of drug-likeness (QED) is 0.645. The van der Waals surface area contributed by atoms with Gasteiger partial charge in [0.05, 0.1) is 5.69 Å². The van der Waals surface area contributed by atoms with E-state index < -0.39 is 10.0 Å². The van der Waals surface area contributed by atoms with Crippen molar-refractivity contribution in [2.45, 2.75) is 5.03 Å². The van der Waals surface area contributed by atoms with E-state index in [1.54, 1.807) is 12.1 Å². The summed E-state index contributed by atoms with van der Waals surface area (Å²) >= 11 is 9.59. The third-order valence-corrected chi connectivity index (χ3v) is 5.78. The number of nitrogens with two attached hydrogens (primary N) is 1. The lowest BCUT2D eigenvalue weighted by Crippen LogP contribution is -2.18. The Bertz CT molecular complexity index is 731. The summed E-state index contributed by atoms with van der Waals surface area (Å²) in [6, 6.07) is 3.19. The highest BCUT2D eigenvalue weighted by Crippen LogP contribution is 2.35. The number of nitrogens with one attached hydrogen (secondary N) is 1. The summed E-state index contributed by atoms with van der Waals surface area (Å²) < 4.78 is 29.5. The Labute approximate surface area is 140 Å². The number of halogens is 3. The molecule has 2 aromatic rings. The summed E-state index contributed by atoms with van der Waals surface area (Å²) in [5.74, 6) is 0. The maximum Gasteiger partial charge on any atom is 0.281 e. The Morgan fingerprint density at radius 1 is 1.25 bits per heavy atom. The minimum Gasteiger partial charge on any atom is -0.399 e. The fraction of sp³-hybridized carbons (Fsp3) is 0.111. The van der Waals surface area contributed by atoms with Gasteiger partial charge >= 0.3 is 0 Å². The number of sulfonamides is 1. The molecule has 20 heavy (non-hydrogen) atoms. The first-order valence-electron chi connectivity index (χ1n) is 5.05. The molecule has 0 saturated heterocycles. The van der Waals surface area contributed by atoms with E-state index in [1.165, 1.54) is 7.05 Å². The molecule has 0 fully saturated rings. The van der Waals surface area contributed by atoms with Gasteiger partial charge in [0.1, 0.15) is 0 Å². The van der Waals surface area contributed by atoms with Crippen molar-refractivity contribution < 1.29 is 8.42 Å². The molecule has 3 N–H and O–H groups in total. The van der Waals surface area contributed by atoms with Gasteiger partial charge in [0.2, 0.25) is 5.03 Å². The topological polar surface area (TPSA) is 103 Å². The zero-order valence-corrected chi connectivity index (χ0v) is 15.5. The number of benzene rings is 1. The second-order valence-corrected chi connectivity index (χ2v) is 7.83. The molecule has 0 atom stereocenters. The summed E-state index contributed by atoms with van der Waals surface area (Å²) in [4.78, 5) is 0. The summed E-state index contributed by atoms with van der Waals surface area (Å²) in [7, 11) is -2.36. The third kappa shape index (κ3) is 3.00. The van der Waals surface area contributed by atoms with Gasteiger partial charge in [-0.15, -0.1) is 5.10 Å². The molecule has 0 bridgehead atoms. The van der Waals surface area contributed by atoms with Crippen molar-refractivity contribution in [1.82, 2.24) is 15.0 Å². The van der Waals surface area contributed by atoms with Crippen LogP contribution in [0.3, 0.4) is 0 Å². The molecule has 0 aliphatic carbocycles. The highest BCUT2D eigenvalue weighted by Gasteiger charge is 2.25. The van der Waals surface area contributed by atoms with E-state index in [0.717, 1.165) is 4.68 Å². The summed E-state index contributed by atoms with van der Waals surface area (Å²) in [5, 5.41) is 7.21. The number of hydrogen-bond donors (Lipinski definition) is 2. The largest absolute Gasteiger partial charge is 0.399 e. The van der Waals surface area contributed by atoms with Crippen LogP contribution < -0.4 is 10.5 Å². The number of aromatic nitrogens is 3. The molecule has 0 radical (unpaired) electrons. The van der Waals surface area contributed by atoms with Crippen LogP contribution in [-0.2, 0) is 17.1 Å². The predicted molar refractivity (Wildman–Crippen MR) is 85.8 cm³/mol. The monoisotopic (exact) mass is 487 g/mol. The predicted octanol–water partition coefficient (Wildman–Crippen LogP) is 2.49. The third-order valence-electron chi connectivity index (χ3n) is 2.29. The number of rotatable bonds is 3. The van der Waals surface area contributed by atoms with Gasteiger partial charge < -0.3 is 5.73 Å². The maximum absolute atomic E-state index is 12.4. The van der Waals surface area contributed by atoms with E-state index in [-0.39, 0.29) is 9.63 Å². The van der Waals surface area contributed by atoms with E-state index in [4.69, 9.17) is 5.73 Å². The number of anilines is 2. The lowest BCUT2D eigenvalue weighted by molar-refractivity contribution is 0.578. The molecule has 0 saturated carbocycles. The average molecular weight is 490 g/mol. The van der Waals surface area contributed by atoms with Gasteiger partial charge in [0, 0.05) is 21.7 Å². The zero-order valence-electron chi connectivity index (χ0n) is 9.93. The number of aryl methyl sites for hydroxylation is 1. The Morgan fingerprint density at radius 2 is 1.80 bits per heavy atom. The van der Waals surface area contributed by atoms with Crippen LogP contribution in [0.1, 0.15) is 0 Å². The van der Waals surface area contributed by atoms with E-state index in [0.29, 0.717) is 20.3 Å². The molecule has 0 amide bonds. The number of nitrogen functional groups attached to an aromatic ring is 1. The van der Waals surface area contributed by atoms with Gasteiger partial charge in [-0.25, -0.2) is 4.68 Å². The smallest absolute Gasteiger partial charge is 0.281 e. The van der Waals surface area contributed by atoms with Crippen molar-refractivity contribution in [3.05, 3.63) is 25.7 Å². The molecular formula is C9H8Br3N5O2S. The first-order valence-corrected chi connectivity index (χ1v) is 8.91. The van der Waals surface area contributed by atoms with Crippen molar-refractivity contribution in [2.75, 3.05) is 10.5 Å². The van der Waals surface area contributed by atoms with Gasteiger partial charge in [-0.1, -0.05) is 5.21 Å². The zero-order chi connectivity index (χ0) is 15.1. The molecule has 7 nitrogen and oxygen atoms in total. The summed E-state index contributed by atoms with van der Waals surface area (Å²) in [6.07, 6.45) is 0. The Balaban J connectivity index is 2.50. The maximum atomic E-state index is 12.4. The van der Waals surface area contributed by atoms with Crippen LogP contribution in [0.5, 0.6) is 0 Å². The van der Waals surface area contributed by atoms with E-state index in [9.17, 15) is 8.42 Å². The van der Waals surface area contributed by atoms with Crippen molar-refractivity contribution in [2.24, 2.45) is 7.05 Å². The van der Waals surface area contributed by atoms with Crippen molar-refractivity contribution in [3.63, 3.8) is 0 Å². The first-order chi connectivity index (χ1) is 9.22. The van der Waals surface area contributed by atoms with Crippen molar-refractivity contribution >= 4 is 69.2 Å². The summed E-state index contributed by atoms with van der Waals surface area (Å²) in [6.45, 7) is 0. The van der Waals surface area contributed by atoms with E-state index in [1.807, 2.05) is 0 Å². The molecule has 1 aromatic heterocycles. The van der Waals surface area contributed by atoms with Gasteiger partial charge in [-0.3, -0.25) is 4.72 Å². The lowest BCUT2D eigenvalue weighted by Gasteiger charge is -2.12. The first kappa shape index (κ1) is 15.7. The minimum atomic E-state index is -3.85. The number of hydrogen-bond acceptors (Lipinski definition) is 5. The van der Waals surface area contributed by atoms with Crippen molar-refractivity contribution in [1.29, 1.82) is 0 Å². The van der Waals surface area contributed by atoms with Gasteiger partial charge in [-0.05, 0) is 59.9 Å². The van der Waals surface area contributed by atoms with Crippen LogP contribution in [-0.4, -0.2) is 23.4 Å². The molecule has 2 rings (SSSR count). The highest BCUT2D eigenvalue weighted by atomic mass is 79.9. The molecule has 1 aromatic carbocycles. The van der Waals surface area contributed by atoms with Crippen LogP contribution in [0, 0.1) is 0 Å². The second kappa shape index (κ2) is 5.62. The number of nitrogens with zero attached hydrogens (tertiary/aromatic N) is 3. The van der Waals surface area contributed by atoms with Gasteiger partial charge in [-0.2, -0.15) is 8.42 Å². The molecule has 1 heterocycles. The van der Waals surface area contributed by atoms with Crippen molar-refractivity contribution in [3.8, 4) is 0 Å². The molecule has 0 unspecified atom stereocenters. The molecule has 0 aliphatic rings. The van der Waals surface area contributed by atoms with Crippen LogP contribution >= 0.6 is 47.8 Å². The highest BCUT2D eigenvalue weighted by molar-refractivity contribution is 9.11. The fourth-order valence-corrected chi connectivity index (χ4v) is 5.36. The van der Waals surface area contributed by atoms with Crippen LogP contribution in [0.25, 0.3) is 0 Å². The molecule has 0 aliphatic heterocycles. The van der Waals surface area contributed by atoms with E-state index in [2.05, 4.69) is 62.8 Å². The van der Waals surface area contributed by atoms with E-state index >= 15 is 0 Å². The average Bonchev–Trinajstić information content (AvgIpc) is 2.64. The van der Waals surface area contributed by atoms with Gasteiger partial charge in [0.25, 0.3) is 10.0 Å². The molecule has 11 heteroatoms. The lowest BCUT2D eigenvalue weighted by atomic mass is 10.3. The Kier molecular flexibility index (Phi) is 4.42. The van der Waals surface area contributed by atoms with Crippen LogP contribution in [0.4, 0.5) is 11.4 Å². The Hall–Kier alpha value is -0.650. The minimum absolute atomic E-state index is 0.0758. The SMILES string of the molecule is Cn1nnc(Br)c1S(=O)(=O)Nc1c(Br)cc(N)cc1Br.